The van der Waals surface area contributed by atoms with E-state index in [9.17, 15) is 9.59 Å². The summed E-state index contributed by atoms with van der Waals surface area (Å²) in [5.41, 5.74) is -0.270. The van der Waals surface area contributed by atoms with Gasteiger partial charge in [0.25, 0.3) is 0 Å². The van der Waals surface area contributed by atoms with Gasteiger partial charge >= 0.3 is 19.3 Å². The fourth-order valence-corrected chi connectivity index (χ4v) is 4.31. The molecule has 38 heavy (non-hydrogen) atoms. The highest BCUT2D eigenvalue weighted by Gasteiger charge is 2.51. The predicted octanol–water partition coefficient (Wildman–Crippen LogP) is 4.58. The van der Waals surface area contributed by atoms with Crippen LogP contribution < -0.4 is 10.8 Å². The molecule has 2 atom stereocenters. The number of hydrogen-bond donors (Lipinski definition) is 1. The molecule has 10 heteroatoms. The van der Waals surface area contributed by atoms with E-state index in [1.54, 1.807) is 4.90 Å². The number of rotatable bonds is 5. The summed E-state index contributed by atoms with van der Waals surface area (Å²) in [6.45, 7) is 20.1. The zero-order valence-corrected chi connectivity index (χ0v) is 24.7. The number of benzene rings is 1. The molecule has 0 aromatic heterocycles. The van der Waals surface area contributed by atoms with Gasteiger partial charge in [0.2, 0.25) is 0 Å². The van der Waals surface area contributed by atoms with Gasteiger partial charge in [0.1, 0.15) is 11.2 Å². The summed E-state index contributed by atoms with van der Waals surface area (Å²) in [5, 5.41) is 2.78. The van der Waals surface area contributed by atoms with Gasteiger partial charge in [-0.05, 0) is 86.7 Å². The van der Waals surface area contributed by atoms with Gasteiger partial charge < -0.3 is 28.8 Å². The summed E-state index contributed by atoms with van der Waals surface area (Å²) in [6.07, 6.45) is -0.419. The Bertz CT molecular complexity index is 966. The molecule has 0 saturated carbocycles. The second-order valence-electron chi connectivity index (χ2n) is 13.1. The maximum absolute atomic E-state index is 13.4. The third-order valence-corrected chi connectivity index (χ3v) is 6.91. The summed E-state index contributed by atoms with van der Waals surface area (Å²) in [6, 6.07) is 7.26. The van der Waals surface area contributed by atoms with E-state index in [4.69, 9.17) is 23.5 Å². The van der Waals surface area contributed by atoms with Crippen molar-refractivity contribution in [1.29, 1.82) is 0 Å². The van der Waals surface area contributed by atoms with Crippen LogP contribution in [0.4, 0.5) is 9.59 Å². The van der Waals surface area contributed by atoms with E-state index in [0.29, 0.717) is 26.2 Å². The number of ether oxygens (including phenoxy) is 3. The Morgan fingerprint density at radius 1 is 0.947 bits per heavy atom. The normalized spacial score (nSPS) is 23.2. The predicted molar refractivity (Wildman–Crippen MR) is 146 cm³/mol. The minimum atomic E-state index is -0.653. The van der Waals surface area contributed by atoms with Gasteiger partial charge in [-0.3, -0.25) is 4.90 Å². The number of nitrogens with one attached hydrogen (secondary N) is 1. The van der Waals surface area contributed by atoms with Crippen molar-refractivity contribution in [2.75, 3.05) is 19.8 Å². The van der Waals surface area contributed by atoms with Crippen LogP contribution in [0.3, 0.4) is 0 Å². The standard InChI is InChI=1S/C28H45BN2O7/c1-25(2,3)35-23(32)30-16-15-21-17-34-18-22(31(21)24(33)36-26(4,5)6)19-11-13-20(14-12-19)29-37-27(7,8)28(9,10)38-29/h11-14,21-22H,15-18H2,1-10H3,(H,30,32)/t21-,22+/m1/s1. The first-order valence-electron chi connectivity index (χ1n) is 13.4. The molecule has 0 aliphatic carbocycles. The summed E-state index contributed by atoms with van der Waals surface area (Å²) >= 11 is 0. The Labute approximate surface area is 228 Å². The molecule has 2 aliphatic heterocycles. The number of amides is 2. The molecule has 0 radical (unpaired) electrons. The van der Waals surface area contributed by atoms with Crippen molar-refractivity contribution < 1.29 is 33.1 Å². The van der Waals surface area contributed by atoms with E-state index in [1.807, 2.05) is 93.5 Å². The molecule has 2 aliphatic rings. The van der Waals surface area contributed by atoms with Crippen molar-refractivity contribution in [2.45, 2.75) is 110 Å². The lowest BCUT2D eigenvalue weighted by Crippen LogP contribution is -2.53. The largest absolute Gasteiger partial charge is 0.494 e. The smallest absolute Gasteiger partial charge is 0.444 e. The molecule has 212 valence electrons. The van der Waals surface area contributed by atoms with Crippen LogP contribution in [-0.2, 0) is 23.5 Å². The van der Waals surface area contributed by atoms with Gasteiger partial charge in [-0.2, -0.15) is 0 Å². The third-order valence-electron chi connectivity index (χ3n) is 6.91. The Kier molecular flexibility index (Phi) is 8.80. The van der Waals surface area contributed by atoms with Crippen LogP contribution in [0.2, 0.25) is 0 Å². The van der Waals surface area contributed by atoms with Crippen LogP contribution in [0.15, 0.2) is 24.3 Å². The van der Waals surface area contributed by atoms with Crippen LogP contribution in [0.1, 0.15) is 87.3 Å². The van der Waals surface area contributed by atoms with E-state index in [0.717, 1.165) is 11.0 Å². The Hall–Kier alpha value is -2.30. The molecule has 1 aromatic rings. The van der Waals surface area contributed by atoms with Gasteiger partial charge in [-0.15, -0.1) is 0 Å². The number of nitrogens with zero attached hydrogens (tertiary/aromatic N) is 1. The summed E-state index contributed by atoms with van der Waals surface area (Å²) < 4.78 is 29.4. The SMILES string of the molecule is CC(C)(C)OC(=O)NCC[C@@H]1COC[C@@H](c2ccc(B3OC(C)(C)C(C)(C)O3)cc2)N1C(=O)OC(C)(C)C. The molecule has 0 bridgehead atoms. The summed E-state index contributed by atoms with van der Waals surface area (Å²) in [4.78, 5) is 27.3. The van der Waals surface area contributed by atoms with Gasteiger partial charge in [-0.25, -0.2) is 9.59 Å². The fourth-order valence-electron chi connectivity index (χ4n) is 4.31. The Balaban J connectivity index is 1.77. The number of morpholine rings is 1. The first kappa shape index (κ1) is 30.2. The molecule has 2 saturated heterocycles. The van der Waals surface area contributed by atoms with E-state index < -0.39 is 41.7 Å². The summed E-state index contributed by atoms with van der Waals surface area (Å²) in [7, 11) is -0.467. The van der Waals surface area contributed by atoms with Crippen LogP contribution in [0, 0.1) is 0 Å². The molecule has 1 N–H and O–H groups in total. The first-order chi connectivity index (χ1) is 17.4. The molecular formula is C28H45BN2O7. The number of carbonyl (C=O) groups excluding carboxylic acids is 2. The molecule has 0 unspecified atom stereocenters. The number of carbonyl (C=O) groups is 2. The third kappa shape index (κ3) is 7.64. The number of hydrogen-bond acceptors (Lipinski definition) is 7. The topological polar surface area (TPSA) is 95.6 Å². The van der Waals surface area contributed by atoms with Crippen molar-refractivity contribution in [3.05, 3.63) is 29.8 Å². The fraction of sp³-hybridized carbons (Fsp3) is 0.714. The second-order valence-corrected chi connectivity index (χ2v) is 13.1. The van der Waals surface area contributed by atoms with E-state index in [1.165, 1.54) is 0 Å². The highest BCUT2D eigenvalue weighted by Crippen LogP contribution is 2.37. The average Bonchev–Trinajstić information content (AvgIpc) is 2.98. The van der Waals surface area contributed by atoms with Crippen molar-refractivity contribution in [2.24, 2.45) is 0 Å². The van der Waals surface area contributed by atoms with Gasteiger partial charge in [0.05, 0.1) is 36.5 Å². The monoisotopic (exact) mass is 532 g/mol. The van der Waals surface area contributed by atoms with Crippen molar-refractivity contribution in [3.63, 3.8) is 0 Å². The first-order valence-corrected chi connectivity index (χ1v) is 13.4. The van der Waals surface area contributed by atoms with Crippen LogP contribution in [0.25, 0.3) is 0 Å². The maximum Gasteiger partial charge on any atom is 0.494 e. The van der Waals surface area contributed by atoms with Gasteiger partial charge in [0.15, 0.2) is 0 Å². The molecule has 2 fully saturated rings. The van der Waals surface area contributed by atoms with E-state index in [2.05, 4.69) is 5.32 Å². The zero-order valence-electron chi connectivity index (χ0n) is 24.7. The van der Waals surface area contributed by atoms with Gasteiger partial charge in [-0.1, -0.05) is 24.3 Å². The molecule has 0 spiro atoms. The van der Waals surface area contributed by atoms with Crippen LogP contribution in [0.5, 0.6) is 0 Å². The minimum Gasteiger partial charge on any atom is -0.444 e. The number of alkyl carbamates (subject to hydrolysis) is 1. The van der Waals surface area contributed by atoms with Crippen LogP contribution in [-0.4, -0.2) is 72.4 Å². The van der Waals surface area contributed by atoms with E-state index >= 15 is 0 Å². The highest BCUT2D eigenvalue weighted by atomic mass is 16.7. The summed E-state index contributed by atoms with van der Waals surface area (Å²) in [5.74, 6) is 0. The molecular weight excluding hydrogens is 487 g/mol. The second kappa shape index (κ2) is 11.1. The van der Waals surface area contributed by atoms with Crippen molar-refractivity contribution >= 4 is 24.8 Å². The van der Waals surface area contributed by atoms with Crippen molar-refractivity contribution in [3.8, 4) is 0 Å². The minimum absolute atomic E-state index is 0.290. The Morgan fingerprint density at radius 2 is 1.50 bits per heavy atom. The van der Waals surface area contributed by atoms with E-state index in [-0.39, 0.29) is 12.1 Å². The Morgan fingerprint density at radius 3 is 2.03 bits per heavy atom. The molecule has 3 rings (SSSR count). The quantitative estimate of drug-likeness (QED) is 0.555. The molecule has 1 aromatic carbocycles. The van der Waals surface area contributed by atoms with Crippen LogP contribution >= 0.6 is 0 Å². The molecule has 9 nitrogen and oxygen atoms in total. The molecule has 2 amide bonds. The lowest BCUT2D eigenvalue weighted by atomic mass is 9.78. The molecule has 2 heterocycles. The highest BCUT2D eigenvalue weighted by molar-refractivity contribution is 6.62. The lowest BCUT2D eigenvalue weighted by molar-refractivity contribution is -0.0635. The lowest BCUT2D eigenvalue weighted by Gasteiger charge is -2.42. The maximum atomic E-state index is 13.4. The van der Waals surface area contributed by atoms with Crippen molar-refractivity contribution in [1.82, 2.24) is 10.2 Å². The van der Waals surface area contributed by atoms with Gasteiger partial charge in [0, 0.05) is 6.54 Å². The average molecular weight is 532 g/mol. The zero-order chi connectivity index (χ0) is 28.5.